The van der Waals surface area contributed by atoms with Gasteiger partial charge in [0.25, 0.3) is 0 Å². The van der Waals surface area contributed by atoms with Gasteiger partial charge in [-0.15, -0.1) is 0 Å². The Hall–Kier alpha value is -3.78. The van der Waals surface area contributed by atoms with Crippen molar-refractivity contribution < 1.29 is 14.3 Å². The molecule has 1 saturated carbocycles. The first-order valence-corrected chi connectivity index (χ1v) is 13.6. The van der Waals surface area contributed by atoms with Gasteiger partial charge in [0.15, 0.2) is 10.9 Å². The molecule has 0 atom stereocenters. The zero-order valence-electron chi connectivity index (χ0n) is 20.7. The Balaban J connectivity index is 1.26. The number of nitrogens with zero attached hydrogens (tertiary/aromatic N) is 3. The molecule has 0 bridgehead atoms. The van der Waals surface area contributed by atoms with Crippen molar-refractivity contribution in [3.8, 4) is 17.0 Å². The largest absolute Gasteiger partial charge is 0.491 e. The molecule has 2 amide bonds. The van der Waals surface area contributed by atoms with Crippen LogP contribution in [-0.4, -0.2) is 34.9 Å². The lowest BCUT2D eigenvalue weighted by Gasteiger charge is -2.29. The first-order chi connectivity index (χ1) is 18.0. The van der Waals surface area contributed by atoms with Crippen LogP contribution in [0.3, 0.4) is 0 Å². The van der Waals surface area contributed by atoms with Crippen LogP contribution in [0, 0.1) is 5.92 Å². The number of thiazole rings is 1. The maximum absolute atomic E-state index is 13.3. The molecule has 0 saturated heterocycles. The quantitative estimate of drug-likeness (QED) is 0.290. The molecule has 188 valence electrons. The second-order valence-corrected chi connectivity index (χ2v) is 10.8. The summed E-state index contributed by atoms with van der Waals surface area (Å²) in [5, 5.41) is 3.57. The van der Waals surface area contributed by atoms with Crippen molar-refractivity contribution in [2.45, 2.75) is 39.0 Å². The van der Waals surface area contributed by atoms with E-state index in [-0.39, 0.29) is 11.8 Å². The number of Topliss-reactive ketones (excluding diaryl/α,β-unsaturated/α-hetero) is 1. The van der Waals surface area contributed by atoms with Crippen LogP contribution in [0.1, 0.15) is 48.7 Å². The van der Waals surface area contributed by atoms with E-state index in [0.717, 1.165) is 39.9 Å². The van der Waals surface area contributed by atoms with E-state index in [1.54, 1.807) is 4.90 Å². The third kappa shape index (κ3) is 4.81. The number of benzene rings is 2. The molecule has 4 aromatic rings. The van der Waals surface area contributed by atoms with E-state index in [4.69, 9.17) is 4.74 Å². The van der Waals surface area contributed by atoms with Crippen LogP contribution in [0.25, 0.3) is 21.5 Å². The molecule has 2 aliphatic rings. The molecule has 6 rings (SSSR count). The highest BCUT2D eigenvalue weighted by molar-refractivity contribution is 7.22. The van der Waals surface area contributed by atoms with E-state index in [9.17, 15) is 9.59 Å². The molecule has 37 heavy (non-hydrogen) atoms. The van der Waals surface area contributed by atoms with Crippen LogP contribution >= 0.6 is 11.3 Å². The Kier molecular flexibility index (Phi) is 6.34. The lowest BCUT2D eigenvalue weighted by atomic mass is 9.86. The van der Waals surface area contributed by atoms with Crippen LogP contribution in [0.4, 0.5) is 15.6 Å². The number of pyridine rings is 1. The van der Waals surface area contributed by atoms with Crippen molar-refractivity contribution in [3.05, 3.63) is 65.9 Å². The first kappa shape index (κ1) is 23.6. The highest BCUT2D eigenvalue weighted by atomic mass is 32.1. The van der Waals surface area contributed by atoms with Gasteiger partial charge in [0.2, 0.25) is 0 Å². The van der Waals surface area contributed by atoms with Crippen molar-refractivity contribution in [2.75, 3.05) is 23.4 Å². The molecule has 1 aliphatic carbocycles. The topological polar surface area (TPSA) is 84.4 Å². The standard InChI is InChI=1S/C29H28N4O3S/c1-18(34)27-25(36-17-19-6-4-7-19)14-13-22(30-27)21-12-11-20-8-5-15-33(24(20)16-21)29(35)32-28-31-23-9-2-3-10-26(23)37-28/h2-3,9-14,16,19H,4-8,15,17H2,1H3,(H,31,32,35). The highest BCUT2D eigenvalue weighted by Gasteiger charge is 2.25. The number of nitrogens with one attached hydrogen (secondary N) is 1. The minimum atomic E-state index is -0.200. The summed E-state index contributed by atoms with van der Waals surface area (Å²) in [6, 6.07) is 17.4. The van der Waals surface area contributed by atoms with Gasteiger partial charge in [-0.3, -0.25) is 15.0 Å². The van der Waals surface area contributed by atoms with Gasteiger partial charge >= 0.3 is 6.03 Å². The van der Waals surface area contributed by atoms with Crippen LogP contribution in [0.2, 0.25) is 0 Å². The van der Waals surface area contributed by atoms with E-state index < -0.39 is 0 Å². The lowest BCUT2D eigenvalue weighted by Crippen LogP contribution is -2.38. The second-order valence-electron chi connectivity index (χ2n) is 9.72. The van der Waals surface area contributed by atoms with E-state index in [2.05, 4.69) is 21.4 Å². The fraction of sp³-hybridized carbons (Fsp3) is 0.310. The number of rotatable bonds is 6. The second kappa shape index (κ2) is 9.94. The van der Waals surface area contributed by atoms with E-state index in [0.29, 0.717) is 41.3 Å². The molecule has 1 aliphatic heterocycles. The summed E-state index contributed by atoms with van der Waals surface area (Å²) in [5.74, 6) is 0.984. The van der Waals surface area contributed by atoms with Gasteiger partial charge in [0.1, 0.15) is 11.4 Å². The summed E-state index contributed by atoms with van der Waals surface area (Å²) in [6.07, 6.45) is 5.40. The lowest BCUT2D eigenvalue weighted by molar-refractivity contribution is 0.100. The van der Waals surface area contributed by atoms with Crippen LogP contribution in [0.15, 0.2) is 54.6 Å². The zero-order chi connectivity index (χ0) is 25.4. The Labute approximate surface area is 219 Å². The monoisotopic (exact) mass is 512 g/mol. The summed E-state index contributed by atoms with van der Waals surface area (Å²) in [4.78, 5) is 36.7. The molecule has 2 aromatic heterocycles. The number of para-hydroxylation sites is 1. The van der Waals surface area contributed by atoms with Gasteiger partial charge < -0.3 is 4.74 Å². The number of carbonyl (C=O) groups is 2. The van der Waals surface area contributed by atoms with Gasteiger partial charge in [-0.1, -0.05) is 42.0 Å². The van der Waals surface area contributed by atoms with Crippen molar-refractivity contribution in [1.29, 1.82) is 0 Å². The fourth-order valence-corrected chi connectivity index (χ4v) is 5.73. The molecule has 7 nitrogen and oxygen atoms in total. The smallest absolute Gasteiger partial charge is 0.328 e. The molecule has 0 radical (unpaired) electrons. The molecule has 2 aromatic carbocycles. The number of hydrogen-bond acceptors (Lipinski definition) is 6. The van der Waals surface area contributed by atoms with Crippen LogP contribution in [-0.2, 0) is 6.42 Å². The number of ketones is 1. The zero-order valence-corrected chi connectivity index (χ0v) is 21.5. The Morgan fingerprint density at radius 1 is 1.08 bits per heavy atom. The molecule has 0 unspecified atom stereocenters. The Morgan fingerprint density at radius 3 is 2.73 bits per heavy atom. The number of anilines is 2. The van der Waals surface area contributed by atoms with Crippen molar-refractivity contribution in [3.63, 3.8) is 0 Å². The molecular weight excluding hydrogens is 484 g/mol. The minimum Gasteiger partial charge on any atom is -0.491 e. The number of aryl methyl sites for hydroxylation is 1. The maximum atomic E-state index is 13.3. The maximum Gasteiger partial charge on any atom is 0.328 e. The molecule has 8 heteroatoms. The summed E-state index contributed by atoms with van der Waals surface area (Å²) in [7, 11) is 0. The Bertz CT molecular complexity index is 1460. The number of amides is 2. The summed E-state index contributed by atoms with van der Waals surface area (Å²) < 4.78 is 7.00. The van der Waals surface area contributed by atoms with Gasteiger partial charge in [0.05, 0.1) is 22.5 Å². The fourth-order valence-electron chi connectivity index (χ4n) is 4.87. The van der Waals surface area contributed by atoms with Gasteiger partial charge in [-0.2, -0.15) is 0 Å². The normalized spacial score (nSPS) is 15.2. The number of aromatic nitrogens is 2. The first-order valence-electron chi connectivity index (χ1n) is 12.8. The van der Waals surface area contributed by atoms with Gasteiger partial charge in [0, 0.05) is 24.7 Å². The molecule has 3 heterocycles. The number of hydrogen-bond donors (Lipinski definition) is 1. The van der Waals surface area contributed by atoms with E-state index in [1.807, 2.05) is 48.5 Å². The molecule has 0 spiro atoms. The SMILES string of the molecule is CC(=O)c1nc(-c2ccc3c(c2)N(C(=O)Nc2nc4ccccc4s2)CCC3)ccc1OCC1CCC1. The van der Waals surface area contributed by atoms with Crippen molar-refractivity contribution in [2.24, 2.45) is 5.92 Å². The van der Waals surface area contributed by atoms with Crippen molar-refractivity contribution >= 4 is 44.2 Å². The number of urea groups is 1. The minimum absolute atomic E-state index is 0.125. The number of carbonyl (C=O) groups excluding carboxylic acids is 2. The number of ether oxygens (including phenoxy) is 1. The third-order valence-corrected chi connectivity index (χ3v) is 8.10. The molecule has 1 fully saturated rings. The average molecular weight is 513 g/mol. The summed E-state index contributed by atoms with van der Waals surface area (Å²) in [5.41, 5.74) is 4.73. The number of fused-ring (bicyclic) bond motifs is 2. The molecule has 1 N–H and O–H groups in total. The van der Waals surface area contributed by atoms with Crippen LogP contribution < -0.4 is 15.0 Å². The van der Waals surface area contributed by atoms with Crippen molar-refractivity contribution in [1.82, 2.24) is 9.97 Å². The van der Waals surface area contributed by atoms with Crippen LogP contribution in [0.5, 0.6) is 5.75 Å². The predicted octanol–water partition coefficient (Wildman–Crippen LogP) is 6.72. The van der Waals surface area contributed by atoms with E-state index in [1.165, 1.54) is 37.5 Å². The highest BCUT2D eigenvalue weighted by Crippen LogP contribution is 2.34. The van der Waals surface area contributed by atoms with Gasteiger partial charge in [-0.05, 0) is 67.5 Å². The Morgan fingerprint density at radius 2 is 1.95 bits per heavy atom. The molecular formula is C29H28N4O3S. The average Bonchev–Trinajstić information content (AvgIpc) is 3.29. The summed E-state index contributed by atoms with van der Waals surface area (Å²) >= 11 is 1.46. The van der Waals surface area contributed by atoms with Gasteiger partial charge in [-0.25, -0.2) is 14.8 Å². The predicted molar refractivity (Wildman–Crippen MR) is 147 cm³/mol. The van der Waals surface area contributed by atoms with E-state index >= 15 is 0 Å². The summed E-state index contributed by atoms with van der Waals surface area (Å²) in [6.45, 7) is 2.76. The third-order valence-electron chi connectivity index (χ3n) is 7.14.